The zero-order valence-electron chi connectivity index (χ0n) is 12.9. The number of hydrogen-bond donors (Lipinski definition) is 2. The first kappa shape index (κ1) is 19.9. The lowest BCUT2D eigenvalue weighted by Gasteiger charge is -2.10. The molecule has 138 valence electrons. The number of amides is 2. The van der Waals surface area contributed by atoms with E-state index in [0.717, 1.165) is 6.07 Å². The van der Waals surface area contributed by atoms with Crippen molar-refractivity contribution in [3.05, 3.63) is 57.8 Å². The van der Waals surface area contributed by atoms with Crippen LogP contribution >= 0.6 is 23.2 Å². The molecule has 0 aliphatic carbocycles. The molecular weight excluding hydrogens is 396 g/mol. The third-order valence-electron chi connectivity index (χ3n) is 3.01. The summed E-state index contributed by atoms with van der Waals surface area (Å²) in [5, 5.41) is 4.83. The highest BCUT2D eigenvalue weighted by Gasteiger charge is 2.15. The maximum atomic E-state index is 13.4. The minimum atomic E-state index is -1.71. The lowest BCUT2D eigenvalue weighted by molar-refractivity contribution is -0.125. The predicted molar refractivity (Wildman–Crippen MR) is 89.9 cm³/mol. The number of hydrogen-bond acceptors (Lipinski definition) is 3. The molecule has 0 fully saturated rings. The van der Waals surface area contributed by atoms with Gasteiger partial charge in [-0.1, -0.05) is 23.2 Å². The van der Waals surface area contributed by atoms with Crippen LogP contribution in [0.4, 0.5) is 18.9 Å². The number of halogens is 5. The zero-order chi connectivity index (χ0) is 19.3. The summed E-state index contributed by atoms with van der Waals surface area (Å²) in [7, 11) is 0. The summed E-state index contributed by atoms with van der Waals surface area (Å²) >= 11 is 11.6. The van der Waals surface area contributed by atoms with Crippen LogP contribution in [0.3, 0.4) is 0 Å². The molecule has 2 N–H and O–H groups in total. The summed E-state index contributed by atoms with van der Waals surface area (Å²) in [5.74, 6) is -5.90. The molecule has 0 aliphatic heterocycles. The Balaban J connectivity index is 1.82. The minimum absolute atomic E-state index is 0.205. The van der Waals surface area contributed by atoms with Gasteiger partial charge in [0.25, 0.3) is 5.91 Å². The third-order valence-corrected chi connectivity index (χ3v) is 3.54. The Labute approximate surface area is 156 Å². The summed E-state index contributed by atoms with van der Waals surface area (Å²) in [5.41, 5.74) is -0.549. The van der Waals surface area contributed by atoms with Crippen molar-refractivity contribution in [1.82, 2.24) is 5.32 Å². The van der Waals surface area contributed by atoms with Crippen LogP contribution in [0.1, 0.15) is 0 Å². The molecule has 2 rings (SSSR count). The molecule has 10 heteroatoms. The SMILES string of the molecule is O=C(COc1ccc(Cl)cc1Cl)NCC(=O)Nc1ccc(F)c(F)c1F. The fourth-order valence-corrected chi connectivity index (χ4v) is 2.25. The van der Waals surface area contributed by atoms with Crippen molar-refractivity contribution >= 4 is 40.7 Å². The molecule has 0 atom stereocenters. The van der Waals surface area contributed by atoms with Gasteiger partial charge >= 0.3 is 0 Å². The topological polar surface area (TPSA) is 67.4 Å². The Morgan fingerprint density at radius 1 is 1.00 bits per heavy atom. The van der Waals surface area contributed by atoms with Gasteiger partial charge in [-0.2, -0.15) is 0 Å². The Morgan fingerprint density at radius 2 is 1.73 bits per heavy atom. The van der Waals surface area contributed by atoms with Crippen molar-refractivity contribution < 1.29 is 27.5 Å². The largest absolute Gasteiger partial charge is 0.482 e. The van der Waals surface area contributed by atoms with Gasteiger partial charge in [-0.3, -0.25) is 9.59 Å². The smallest absolute Gasteiger partial charge is 0.258 e. The second-order valence-electron chi connectivity index (χ2n) is 4.91. The second kappa shape index (κ2) is 8.77. The van der Waals surface area contributed by atoms with Crippen LogP contribution in [0.15, 0.2) is 30.3 Å². The average Bonchev–Trinajstić information content (AvgIpc) is 2.59. The fraction of sp³-hybridized carbons (Fsp3) is 0.125. The van der Waals surface area contributed by atoms with Gasteiger partial charge in [0.05, 0.1) is 17.3 Å². The van der Waals surface area contributed by atoms with Gasteiger partial charge < -0.3 is 15.4 Å². The Morgan fingerprint density at radius 3 is 2.42 bits per heavy atom. The van der Waals surface area contributed by atoms with Crippen LogP contribution in [0, 0.1) is 17.5 Å². The zero-order valence-corrected chi connectivity index (χ0v) is 14.4. The van der Waals surface area contributed by atoms with Crippen LogP contribution in [-0.2, 0) is 9.59 Å². The number of ether oxygens (including phenoxy) is 1. The molecule has 0 heterocycles. The van der Waals surface area contributed by atoms with E-state index in [9.17, 15) is 22.8 Å². The molecule has 2 aromatic carbocycles. The molecule has 2 aromatic rings. The molecule has 0 aromatic heterocycles. The van der Waals surface area contributed by atoms with Crippen molar-refractivity contribution in [2.75, 3.05) is 18.5 Å². The highest BCUT2D eigenvalue weighted by atomic mass is 35.5. The molecule has 0 saturated heterocycles. The van der Waals surface area contributed by atoms with Crippen molar-refractivity contribution in [2.24, 2.45) is 0 Å². The van der Waals surface area contributed by atoms with E-state index in [4.69, 9.17) is 27.9 Å². The van der Waals surface area contributed by atoms with Crippen LogP contribution in [0.25, 0.3) is 0 Å². The van der Waals surface area contributed by atoms with E-state index in [-0.39, 0.29) is 10.8 Å². The number of carbonyl (C=O) groups is 2. The number of benzene rings is 2. The van der Waals surface area contributed by atoms with E-state index in [2.05, 4.69) is 5.32 Å². The summed E-state index contributed by atoms with van der Waals surface area (Å²) in [4.78, 5) is 23.3. The van der Waals surface area contributed by atoms with Gasteiger partial charge in [0.15, 0.2) is 24.1 Å². The first-order valence-corrected chi connectivity index (χ1v) is 7.81. The number of anilines is 1. The van der Waals surface area contributed by atoms with E-state index in [1.165, 1.54) is 18.2 Å². The molecule has 0 aliphatic rings. The molecular formula is C16H11Cl2F3N2O3. The van der Waals surface area contributed by atoms with Crippen LogP contribution < -0.4 is 15.4 Å². The monoisotopic (exact) mass is 406 g/mol. The van der Waals surface area contributed by atoms with E-state index in [0.29, 0.717) is 11.1 Å². The number of rotatable bonds is 6. The highest BCUT2D eigenvalue weighted by Crippen LogP contribution is 2.27. The van der Waals surface area contributed by atoms with E-state index < -0.39 is 48.1 Å². The second-order valence-corrected chi connectivity index (χ2v) is 5.75. The molecule has 0 bridgehead atoms. The lowest BCUT2D eigenvalue weighted by atomic mass is 10.2. The van der Waals surface area contributed by atoms with Gasteiger partial charge in [0, 0.05) is 5.02 Å². The third kappa shape index (κ3) is 5.27. The van der Waals surface area contributed by atoms with Crippen LogP contribution in [0.5, 0.6) is 5.75 Å². The van der Waals surface area contributed by atoms with Gasteiger partial charge in [-0.05, 0) is 30.3 Å². The Kier molecular flexibility index (Phi) is 6.70. The first-order valence-electron chi connectivity index (χ1n) is 7.06. The van der Waals surface area contributed by atoms with Crippen molar-refractivity contribution in [1.29, 1.82) is 0 Å². The van der Waals surface area contributed by atoms with Crippen molar-refractivity contribution in [2.45, 2.75) is 0 Å². The number of carbonyl (C=O) groups excluding carboxylic acids is 2. The first-order chi connectivity index (χ1) is 12.3. The van der Waals surface area contributed by atoms with E-state index in [1.54, 1.807) is 0 Å². The summed E-state index contributed by atoms with van der Waals surface area (Å²) in [6.45, 7) is -0.969. The molecule has 0 unspecified atom stereocenters. The highest BCUT2D eigenvalue weighted by molar-refractivity contribution is 6.35. The predicted octanol–water partition coefficient (Wildman–Crippen LogP) is 3.54. The molecule has 0 radical (unpaired) electrons. The number of nitrogens with one attached hydrogen (secondary N) is 2. The quantitative estimate of drug-likeness (QED) is 0.720. The summed E-state index contributed by atoms with van der Waals surface area (Å²) in [6, 6.07) is 5.94. The van der Waals surface area contributed by atoms with Gasteiger partial charge in [0.1, 0.15) is 5.75 Å². The van der Waals surface area contributed by atoms with E-state index >= 15 is 0 Å². The standard InChI is InChI=1S/C16H11Cl2F3N2O3/c17-8-1-4-12(9(18)5-8)26-7-14(25)22-6-13(24)23-11-3-2-10(19)15(20)16(11)21/h1-5H,6-7H2,(H,22,25)(H,23,24). The van der Waals surface area contributed by atoms with Crippen molar-refractivity contribution in [3.63, 3.8) is 0 Å². The fourth-order valence-electron chi connectivity index (χ4n) is 1.78. The summed E-state index contributed by atoms with van der Waals surface area (Å²) in [6.07, 6.45) is 0. The summed E-state index contributed by atoms with van der Waals surface area (Å²) < 4.78 is 44.5. The molecule has 26 heavy (non-hydrogen) atoms. The van der Waals surface area contributed by atoms with Crippen LogP contribution in [0.2, 0.25) is 10.0 Å². The van der Waals surface area contributed by atoms with Crippen molar-refractivity contribution in [3.8, 4) is 5.75 Å². The Bertz CT molecular complexity index is 850. The van der Waals surface area contributed by atoms with Crippen LogP contribution in [-0.4, -0.2) is 25.0 Å². The molecule has 0 spiro atoms. The Hall–Kier alpha value is -2.45. The maximum absolute atomic E-state index is 13.4. The maximum Gasteiger partial charge on any atom is 0.258 e. The lowest BCUT2D eigenvalue weighted by Crippen LogP contribution is -2.36. The van der Waals surface area contributed by atoms with E-state index in [1.807, 2.05) is 5.32 Å². The van der Waals surface area contributed by atoms with Gasteiger partial charge in [0.2, 0.25) is 5.91 Å². The normalized spacial score (nSPS) is 10.3. The molecule has 5 nitrogen and oxygen atoms in total. The molecule has 2 amide bonds. The average molecular weight is 407 g/mol. The van der Waals surface area contributed by atoms with Gasteiger partial charge in [-0.25, -0.2) is 13.2 Å². The van der Waals surface area contributed by atoms with Gasteiger partial charge in [-0.15, -0.1) is 0 Å². The minimum Gasteiger partial charge on any atom is -0.482 e. The molecule has 0 saturated carbocycles.